The van der Waals surface area contributed by atoms with E-state index in [1.54, 1.807) is 19.9 Å². The van der Waals surface area contributed by atoms with E-state index in [1.807, 2.05) is 0 Å². The number of carboxylic acids is 1. The summed E-state index contributed by atoms with van der Waals surface area (Å²) in [6, 6.07) is 0. The molecule has 0 unspecified atom stereocenters. The van der Waals surface area contributed by atoms with E-state index in [0.717, 1.165) is 0 Å². The van der Waals surface area contributed by atoms with Gasteiger partial charge in [-0.25, -0.2) is 4.79 Å². The number of carboxylic acid groups (broad SMARTS) is 1. The SMILES string of the molecule is CC=C(C)C(=O)O.[SrH2]. The number of aliphatic carboxylic acids is 1. The van der Waals surface area contributed by atoms with Crippen molar-refractivity contribution in [1.29, 1.82) is 0 Å². The average molecular weight is 190 g/mol. The van der Waals surface area contributed by atoms with E-state index in [0.29, 0.717) is 5.57 Å². The van der Waals surface area contributed by atoms with Crippen molar-refractivity contribution >= 4 is 51.5 Å². The molecule has 0 aromatic carbocycles. The van der Waals surface area contributed by atoms with Crippen molar-refractivity contribution in [3.05, 3.63) is 11.6 Å². The van der Waals surface area contributed by atoms with Crippen LogP contribution in [0.1, 0.15) is 13.8 Å². The Morgan fingerprint density at radius 1 is 1.62 bits per heavy atom. The van der Waals surface area contributed by atoms with Crippen LogP contribution in [0.5, 0.6) is 0 Å². The zero-order valence-electron chi connectivity index (χ0n) is 4.43. The third-order valence-electron chi connectivity index (χ3n) is 0.770. The maximum absolute atomic E-state index is 9.86. The van der Waals surface area contributed by atoms with Crippen LogP contribution in [0.4, 0.5) is 0 Å². The molecule has 3 heteroatoms. The Kier molecular flexibility index (Phi) is 8.35. The van der Waals surface area contributed by atoms with Crippen molar-refractivity contribution in [2.75, 3.05) is 0 Å². The van der Waals surface area contributed by atoms with E-state index < -0.39 is 5.97 Å². The average Bonchev–Trinajstić information content (AvgIpc) is 1.65. The van der Waals surface area contributed by atoms with E-state index in [1.165, 1.54) is 0 Å². The quantitative estimate of drug-likeness (QED) is 0.470. The van der Waals surface area contributed by atoms with Gasteiger partial charge < -0.3 is 5.11 Å². The van der Waals surface area contributed by atoms with Gasteiger partial charge in [-0.3, -0.25) is 0 Å². The zero-order valence-corrected chi connectivity index (χ0v) is 4.43. The third kappa shape index (κ3) is 4.84. The first-order valence-electron chi connectivity index (χ1n) is 2.04. The maximum atomic E-state index is 9.86. The summed E-state index contributed by atoms with van der Waals surface area (Å²) in [4.78, 5) is 9.86. The van der Waals surface area contributed by atoms with Crippen molar-refractivity contribution in [2.45, 2.75) is 13.8 Å². The minimum atomic E-state index is -0.845. The van der Waals surface area contributed by atoms with Crippen LogP contribution in [0, 0.1) is 0 Å². The summed E-state index contributed by atoms with van der Waals surface area (Å²) >= 11 is 0. The van der Waals surface area contributed by atoms with Gasteiger partial charge in [-0.2, -0.15) is 0 Å². The van der Waals surface area contributed by atoms with E-state index in [4.69, 9.17) is 5.11 Å². The topological polar surface area (TPSA) is 37.3 Å². The van der Waals surface area contributed by atoms with Crippen LogP contribution in [-0.4, -0.2) is 56.6 Å². The predicted molar refractivity (Wildman–Crippen MR) is 35.6 cm³/mol. The van der Waals surface area contributed by atoms with Crippen LogP contribution in [0.25, 0.3) is 0 Å². The summed E-state index contributed by atoms with van der Waals surface area (Å²) in [6.07, 6.45) is 1.56. The van der Waals surface area contributed by atoms with E-state index >= 15 is 0 Å². The van der Waals surface area contributed by atoms with Gasteiger partial charge in [0.25, 0.3) is 0 Å². The molecule has 0 rings (SSSR count). The van der Waals surface area contributed by atoms with Gasteiger partial charge in [-0.05, 0) is 13.8 Å². The molecule has 0 fully saturated rings. The molecule has 2 nitrogen and oxygen atoms in total. The molecule has 0 spiro atoms. The second-order valence-electron chi connectivity index (χ2n) is 1.28. The Bertz CT molecular complexity index is 107. The Hall–Kier alpha value is 0.691. The van der Waals surface area contributed by atoms with Crippen LogP contribution in [0.15, 0.2) is 11.6 Å². The normalized spacial score (nSPS) is 10.0. The fourth-order valence-electron chi connectivity index (χ4n) is 0.123. The van der Waals surface area contributed by atoms with Crippen molar-refractivity contribution in [2.24, 2.45) is 0 Å². The van der Waals surface area contributed by atoms with Crippen LogP contribution >= 0.6 is 0 Å². The van der Waals surface area contributed by atoms with Crippen molar-refractivity contribution < 1.29 is 9.90 Å². The fourth-order valence-corrected chi connectivity index (χ4v) is 0.123. The molecule has 0 amide bonds. The summed E-state index contributed by atoms with van der Waals surface area (Å²) in [5.74, 6) is -0.845. The van der Waals surface area contributed by atoms with Crippen LogP contribution in [0.2, 0.25) is 0 Å². The monoisotopic (exact) mass is 190 g/mol. The van der Waals surface area contributed by atoms with Gasteiger partial charge in [0.05, 0.1) is 0 Å². The molecule has 0 saturated carbocycles. The molecule has 0 aliphatic rings. The fraction of sp³-hybridized carbons (Fsp3) is 0.400. The first kappa shape index (κ1) is 11.5. The molecule has 0 bridgehead atoms. The number of carbonyl (C=O) groups is 1. The first-order chi connectivity index (χ1) is 3.18. The van der Waals surface area contributed by atoms with E-state index in [9.17, 15) is 4.79 Å². The number of hydrogen-bond acceptors (Lipinski definition) is 1. The molecule has 8 heavy (non-hydrogen) atoms. The third-order valence-corrected chi connectivity index (χ3v) is 0.770. The van der Waals surface area contributed by atoms with Gasteiger partial charge in [-0.15, -0.1) is 0 Å². The summed E-state index contributed by atoms with van der Waals surface area (Å²) in [5.41, 5.74) is 0.389. The molecular formula is C5H10O2Sr. The van der Waals surface area contributed by atoms with Crippen molar-refractivity contribution in [3.63, 3.8) is 0 Å². The molecule has 0 atom stereocenters. The summed E-state index contributed by atoms with van der Waals surface area (Å²) < 4.78 is 0. The molecule has 0 aliphatic heterocycles. The van der Waals surface area contributed by atoms with Crippen LogP contribution in [0.3, 0.4) is 0 Å². The molecular weight excluding hydrogens is 180 g/mol. The summed E-state index contributed by atoms with van der Waals surface area (Å²) in [7, 11) is 0. The number of rotatable bonds is 1. The van der Waals surface area contributed by atoms with Gasteiger partial charge in [0.1, 0.15) is 0 Å². The molecule has 44 valence electrons. The van der Waals surface area contributed by atoms with Gasteiger partial charge in [0.15, 0.2) is 0 Å². The predicted octanol–water partition coefficient (Wildman–Crippen LogP) is 0.121. The molecule has 0 aromatic heterocycles. The minimum absolute atomic E-state index is 0. The standard InChI is InChI=1S/C5H8O2.Sr.2H/c1-3-4(2)5(6)7;;;/h3H,1-2H3,(H,6,7);;;. The van der Waals surface area contributed by atoms with Gasteiger partial charge >= 0.3 is 51.5 Å². The molecule has 0 aliphatic carbocycles. The van der Waals surface area contributed by atoms with Crippen LogP contribution in [-0.2, 0) is 4.79 Å². The summed E-state index contributed by atoms with van der Waals surface area (Å²) in [5, 5.41) is 8.11. The molecule has 0 saturated heterocycles. The molecule has 0 heterocycles. The van der Waals surface area contributed by atoms with E-state index in [2.05, 4.69) is 0 Å². The molecule has 0 radical (unpaired) electrons. The van der Waals surface area contributed by atoms with Crippen molar-refractivity contribution in [1.82, 2.24) is 0 Å². The first-order valence-corrected chi connectivity index (χ1v) is 2.04. The molecule has 0 aromatic rings. The van der Waals surface area contributed by atoms with Crippen LogP contribution < -0.4 is 0 Å². The second kappa shape index (κ2) is 5.82. The number of hydrogen-bond donors (Lipinski definition) is 1. The summed E-state index contributed by atoms with van der Waals surface area (Å²) in [6.45, 7) is 3.26. The van der Waals surface area contributed by atoms with Gasteiger partial charge in [0.2, 0.25) is 0 Å². The Morgan fingerprint density at radius 2 is 2.00 bits per heavy atom. The van der Waals surface area contributed by atoms with E-state index in [-0.39, 0.29) is 45.5 Å². The van der Waals surface area contributed by atoms with Gasteiger partial charge in [-0.1, -0.05) is 6.08 Å². The Morgan fingerprint density at radius 3 is 2.00 bits per heavy atom. The van der Waals surface area contributed by atoms with Crippen molar-refractivity contribution in [3.8, 4) is 0 Å². The molecule has 1 N–H and O–H groups in total. The Balaban J connectivity index is 0. The van der Waals surface area contributed by atoms with Gasteiger partial charge in [0, 0.05) is 5.57 Å². The zero-order chi connectivity index (χ0) is 5.86. The Labute approximate surface area is 85.9 Å². The number of allylic oxidation sites excluding steroid dienone is 1. The second-order valence-corrected chi connectivity index (χ2v) is 1.28.